The second-order valence-electron chi connectivity index (χ2n) is 8.87. The number of benzene rings is 3. The van der Waals surface area contributed by atoms with E-state index in [2.05, 4.69) is 5.32 Å². The van der Waals surface area contributed by atoms with Crippen molar-refractivity contribution in [1.29, 1.82) is 0 Å². The van der Waals surface area contributed by atoms with E-state index in [9.17, 15) is 9.59 Å². The van der Waals surface area contributed by atoms with Gasteiger partial charge in [0.2, 0.25) is 5.91 Å². The van der Waals surface area contributed by atoms with Crippen LogP contribution in [0, 0.1) is 0 Å². The number of nitrogens with one attached hydrogen (secondary N) is 1. The van der Waals surface area contributed by atoms with Crippen molar-refractivity contribution < 1.29 is 23.8 Å². The summed E-state index contributed by atoms with van der Waals surface area (Å²) in [6, 6.07) is 23.8. The van der Waals surface area contributed by atoms with E-state index in [-0.39, 0.29) is 31.0 Å². The number of methoxy groups -OCH3 is 2. The summed E-state index contributed by atoms with van der Waals surface area (Å²) < 4.78 is 16.5. The van der Waals surface area contributed by atoms with E-state index in [0.29, 0.717) is 23.7 Å². The van der Waals surface area contributed by atoms with Gasteiger partial charge in [0, 0.05) is 37.2 Å². The largest absolute Gasteiger partial charge is 0.496 e. The monoisotopic (exact) mass is 504 g/mol. The molecule has 7 nitrogen and oxygen atoms in total. The Morgan fingerprint density at radius 1 is 0.838 bits per heavy atom. The summed E-state index contributed by atoms with van der Waals surface area (Å²) in [6.07, 6.45) is 1.17. The minimum Gasteiger partial charge on any atom is -0.496 e. The number of hydrogen-bond donors (Lipinski definition) is 1. The molecule has 0 aliphatic rings. The number of amides is 2. The summed E-state index contributed by atoms with van der Waals surface area (Å²) in [6.45, 7) is 4.00. The third kappa shape index (κ3) is 8.27. The molecule has 7 heteroatoms. The standard InChI is InChI=1S/C30H36N2O5/c1-5-22(2)31-30(34)28(16-23-12-8-6-9-13-23)32(20-24-14-10-7-11-15-24)29(33)21-37-27-18-25(35-3)17-26(19-27)36-4/h6-15,17-19,22,28H,5,16,20-21H2,1-4H3,(H,31,34)/t22-,28+/m0/s1. The molecule has 2 amide bonds. The van der Waals surface area contributed by atoms with E-state index in [0.717, 1.165) is 17.5 Å². The average Bonchev–Trinajstić information content (AvgIpc) is 2.94. The van der Waals surface area contributed by atoms with Crippen molar-refractivity contribution >= 4 is 11.8 Å². The molecule has 0 unspecified atom stereocenters. The highest BCUT2D eigenvalue weighted by atomic mass is 16.5. The fraction of sp³-hybridized carbons (Fsp3) is 0.333. The van der Waals surface area contributed by atoms with Crippen LogP contribution in [0.4, 0.5) is 0 Å². The first kappa shape index (κ1) is 27.6. The van der Waals surface area contributed by atoms with Crippen molar-refractivity contribution in [1.82, 2.24) is 10.2 Å². The molecular weight excluding hydrogens is 468 g/mol. The molecule has 0 radical (unpaired) electrons. The molecule has 0 saturated heterocycles. The van der Waals surface area contributed by atoms with E-state index in [1.54, 1.807) is 37.3 Å². The van der Waals surface area contributed by atoms with E-state index in [4.69, 9.17) is 14.2 Å². The molecule has 0 aromatic heterocycles. The molecule has 0 saturated carbocycles. The van der Waals surface area contributed by atoms with Crippen molar-refractivity contribution in [2.45, 2.75) is 45.3 Å². The lowest BCUT2D eigenvalue weighted by Crippen LogP contribution is -2.53. The molecule has 1 N–H and O–H groups in total. The Hall–Kier alpha value is -4.00. The minimum atomic E-state index is -0.715. The lowest BCUT2D eigenvalue weighted by Gasteiger charge is -2.32. The summed E-state index contributed by atoms with van der Waals surface area (Å²) in [4.78, 5) is 28.8. The van der Waals surface area contributed by atoms with Crippen LogP contribution in [-0.2, 0) is 22.6 Å². The van der Waals surface area contributed by atoms with Crippen LogP contribution in [0.15, 0.2) is 78.9 Å². The van der Waals surface area contributed by atoms with Gasteiger partial charge in [0.15, 0.2) is 6.61 Å². The van der Waals surface area contributed by atoms with Gasteiger partial charge in [0.25, 0.3) is 5.91 Å². The Morgan fingerprint density at radius 3 is 1.92 bits per heavy atom. The van der Waals surface area contributed by atoms with Gasteiger partial charge in [-0.15, -0.1) is 0 Å². The molecule has 2 atom stereocenters. The van der Waals surface area contributed by atoms with E-state index >= 15 is 0 Å². The van der Waals surface area contributed by atoms with E-state index in [1.807, 2.05) is 74.5 Å². The average molecular weight is 505 g/mol. The van der Waals surface area contributed by atoms with E-state index < -0.39 is 6.04 Å². The molecule has 0 spiro atoms. The second kappa shape index (κ2) is 13.9. The maximum absolute atomic E-state index is 13.7. The summed E-state index contributed by atoms with van der Waals surface area (Å²) in [5.74, 6) is 1.06. The zero-order chi connectivity index (χ0) is 26.6. The first-order valence-corrected chi connectivity index (χ1v) is 12.5. The van der Waals surface area contributed by atoms with Crippen LogP contribution >= 0.6 is 0 Å². The molecule has 37 heavy (non-hydrogen) atoms. The van der Waals surface area contributed by atoms with Crippen molar-refractivity contribution in [2.24, 2.45) is 0 Å². The van der Waals surface area contributed by atoms with Gasteiger partial charge in [-0.3, -0.25) is 9.59 Å². The Balaban J connectivity index is 1.90. The molecule has 196 valence electrons. The number of nitrogens with zero attached hydrogens (tertiary/aromatic N) is 1. The molecule has 3 rings (SSSR count). The van der Waals surface area contributed by atoms with Gasteiger partial charge in [-0.05, 0) is 24.5 Å². The van der Waals surface area contributed by atoms with Crippen molar-refractivity contribution in [2.75, 3.05) is 20.8 Å². The molecule has 3 aromatic rings. The first-order valence-electron chi connectivity index (χ1n) is 12.5. The summed E-state index contributed by atoms with van der Waals surface area (Å²) in [7, 11) is 3.10. The van der Waals surface area contributed by atoms with Crippen LogP contribution in [0.3, 0.4) is 0 Å². The number of carbonyl (C=O) groups excluding carboxylic acids is 2. The number of rotatable bonds is 13. The maximum atomic E-state index is 13.7. The van der Waals surface area contributed by atoms with Crippen molar-refractivity contribution in [3.63, 3.8) is 0 Å². The predicted octanol–water partition coefficient (Wildman–Crippen LogP) is 4.64. The predicted molar refractivity (Wildman–Crippen MR) is 144 cm³/mol. The van der Waals surface area contributed by atoms with Gasteiger partial charge in [0.1, 0.15) is 23.3 Å². The SMILES string of the molecule is CC[C@H](C)NC(=O)[C@@H](Cc1ccccc1)N(Cc1ccccc1)C(=O)COc1cc(OC)cc(OC)c1. The van der Waals surface area contributed by atoms with Crippen molar-refractivity contribution in [3.05, 3.63) is 90.0 Å². The number of carbonyl (C=O) groups is 2. The Bertz CT molecular complexity index is 1110. The zero-order valence-electron chi connectivity index (χ0n) is 22.0. The molecule has 0 aliphatic carbocycles. The van der Waals surface area contributed by atoms with Crippen LogP contribution in [-0.4, -0.2) is 49.6 Å². The van der Waals surface area contributed by atoms with Crippen LogP contribution in [0.2, 0.25) is 0 Å². The van der Waals surface area contributed by atoms with Crippen LogP contribution in [0.1, 0.15) is 31.4 Å². The lowest BCUT2D eigenvalue weighted by molar-refractivity contribution is -0.143. The molecule has 0 aliphatic heterocycles. The fourth-order valence-electron chi connectivity index (χ4n) is 3.87. The van der Waals surface area contributed by atoms with Crippen molar-refractivity contribution in [3.8, 4) is 17.2 Å². The minimum absolute atomic E-state index is 0.0139. The van der Waals surface area contributed by atoms with Crippen LogP contribution < -0.4 is 19.5 Å². The summed E-state index contributed by atoms with van der Waals surface area (Å²) in [5.41, 5.74) is 1.89. The van der Waals surface area contributed by atoms with Gasteiger partial charge in [-0.1, -0.05) is 67.6 Å². The molecule has 3 aromatic carbocycles. The maximum Gasteiger partial charge on any atom is 0.261 e. The Labute approximate surface area is 219 Å². The quantitative estimate of drug-likeness (QED) is 0.367. The zero-order valence-corrected chi connectivity index (χ0v) is 22.0. The third-order valence-corrected chi connectivity index (χ3v) is 6.16. The van der Waals surface area contributed by atoms with Gasteiger partial charge in [-0.2, -0.15) is 0 Å². The highest BCUT2D eigenvalue weighted by Gasteiger charge is 2.31. The molecular formula is C30H36N2O5. The van der Waals surface area contributed by atoms with Crippen LogP contribution in [0.25, 0.3) is 0 Å². The second-order valence-corrected chi connectivity index (χ2v) is 8.87. The summed E-state index contributed by atoms with van der Waals surface area (Å²) in [5, 5.41) is 3.07. The highest BCUT2D eigenvalue weighted by molar-refractivity contribution is 5.88. The topological polar surface area (TPSA) is 77.1 Å². The van der Waals surface area contributed by atoms with E-state index in [1.165, 1.54) is 0 Å². The highest BCUT2D eigenvalue weighted by Crippen LogP contribution is 2.27. The lowest BCUT2D eigenvalue weighted by atomic mass is 10.0. The number of hydrogen-bond acceptors (Lipinski definition) is 5. The number of ether oxygens (including phenoxy) is 3. The molecule has 0 heterocycles. The summed E-state index contributed by atoms with van der Waals surface area (Å²) >= 11 is 0. The van der Waals surface area contributed by atoms with Gasteiger partial charge >= 0.3 is 0 Å². The fourth-order valence-corrected chi connectivity index (χ4v) is 3.87. The van der Waals surface area contributed by atoms with Crippen LogP contribution in [0.5, 0.6) is 17.2 Å². The third-order valence-electron chi connectivity index (χ3n) is 6.16. The molecule has 0 fully saturated rings. The first-order chi connectivity index (χ1) is 17.9. The molecule has 0 bridgehead atoms. The normalized spacial score (nSPS) is 12.2. The van der Waals surface area contributed by atoms with Gasteiger partial charge < -0.3 is 24.4 Å². The smallest absolute Gasteiger partial charge is 0.261 e. The van der Waals surface area contributed by atoms with Gasteiger partial charge in [0.05, 0.1) is 14.2 Å². The Morgan fingerprint density at radius 2 is 1.38 bits per heavy atom. The van der Waals surface area contributed by atoms with Gasteiger partial charge in [-0.25, -0.2) is 0 Å². The Kier molecular flexibility index (Phi) is 10.4.